The summed E-state index contributed by atoms with van der Waals surface area (Å²) < 4.78 is 5.81. The van der Waals surface area contributed by atoms with Gasteiger partial charge in [-0.05, 0) is 48.7 Å². The van der Waals surface area contributed by atoms with Crippen molar-refractivity contribution < 1.29 is 14.6 Å². The Morgan fingerprint density at radius 2 is 1.90 bits per heavy atom. The number of nitrogens with zero attached hydrogens (tertiary/aromatic N) is 2. The van der Waals surface area contributed by atoms with Gasteiger partial charge in [0, 0.05) is 50.5 Å². The SMILES string of the molecule is Cc1ccccc1N1CCN(CC(O)COc2ccc3c(c2)CCC(=O)N3)CC1. The zero-order valence-corrected chi connectivity index (χ0v) is 16.9. The summed E-state index contributed by atoms with van der Waals surface area (Å²) in [7, 11) is 0. The number of piperazine rings is 1. The first-order valence-corrected chi connectivity index (χ1v) is 10.3. The third kappa shape index (κ3) is 4.89. The normalized spacial score (nSPS) is 18.1. The van der Waals surface area contributed by atoms with Crippen LogP contribution in [0.2, 0.25) is 0 Å². The van der Waals surface area contributed by atoms with Crippen molar-refractivity contribution in [2.45, 2.75) is 25.9 Å². The highest BCUT2D eigenvalue weighted by Crippen LogP contribution is 2.27. The number of hydrogen-bond donors (Lipinski definition) is 2. The number of rotatable bonds is 6. The molecule has 0 radical (unpaired) electrons. The molecule has 1 amide bonds. The quantitative estimate of drug-likeness (QED) is 0.787. The highest BCUT2D eigenvalue weighted by molar-refractivity contribution is 5.94. The minimum absolute atomic E-state index is 0.0594. The van der Waals surface area contributed by atoms with Gasteiger partial charge in [-0.1, -0.05) is 18.2 Å². The van der Waals surface area contributed by atoms with E-state index in [9.17, 15) is 9.90 Å². The largest absolute Gasteiger partial charge is 0.491 e. The Morgan fingerprint density at radius 1 is 1.10 bits per heavy atom. The molecule has 29 heavy (non-hydrogen) atoms. The van der Waals surface area contributed by atoms with E-state index in [-0.39, 0.29) is 12.5 Å². The molecule has 2 heterocycles. The predicted molar refractivity (Wildman–Crippen MR) is 115 cm³/mol. The smallest absolute Gasteiger partial charge is 0.224 e. The van der Waals surface area contributed by atoms with Crippen LogP contribution in [0, 0.1) is 6.92 Å². The summed E-state index contributed by atoms with van der Waals surface area (Å²) in [6, 6.07) is 14.2. The van der Waals surface area contributed by atoms with Crippen LogP contribution in [0.4, 0.5) is 11.4 Å². The molecule has 154 valence electrons. The first-order chi connectivity index (χ1) is 14.1. The van der Waals surface area contributed by atoms with Crippen molar-refractivity contribution in [3.63, 3.8) is 0 Å². The summed E-state index contributed by atoms with van der Waals surface area (Å²) in [6.45, 7) is 6.83. The van der Waals surface area contributed by atoms with E-state index in [4.69, 9.17) is 4.74 Å². The second-order valence-electron chi connectivity index (χ2n) is 7.91. The van der Waals surface area contributed by atoms with Crippen molar-refractivity contribution in [1.29, 1.82) is 0 Å². The standard InChI is InChI=1S/C23H29N3O3/c1-17-4-2-3-5-22(17)26-12-10-25(11-13-26)15-19(27)16-29-20-7-8-21-18(14-20)6-9-23(28)24-21/h2-5,7-8,14,19,27H,6,9-13,15-16H2,1H3,(H,24,28). The monoisotopic (exact) mass is 395 g/mol. The molecule has 6 nitrogen and oxygen atoms in total. The van der Waals surface area contributed by atoms with Gasteiger partial charge in [-0.25, -0.2) is 0 Å². The molecular weight excluding hydrogens is 366 g/mol. The lowest BCUT2D eigenvalue weighted by Gasteiger charge is -2.37. The molecule has 2 aromatic carbocycles. The lowest BCUT2D eigenvalue weighted by Crippen LogP contribution is -2.49. The molecule has 2 N–H and O–H groups in total. The highest BCUT2D eigenvalue weighted by atomic mass is 16.5. The van der Waals surface area contributed by atoms with Gasteiger partial charge in [0.1, 0.15) is 18.5 Å². The number of ether oxygens (including phenoxy) is 1. The number of β-amino-alcohol motifs (C(OH)–C–C–N with tert-alkyl or cyclic N) is 1. The molecule has 0 aliphatic carbocycles. The molecule has 1 fully saturated rings. The summed E-state index contributed by atoms with van der Waals surface area (Å²) in [5, 5.41) is 13.3. The van der Waals surface area contributed by atoms with Crippen LogP contribution < -0.4 is 15.0 Å². The predicted octanol–water partition coefficient (Wildman–Crippen LogP) is 2.44. The van der Waals surface area contributed by atoms with Gasteiger partial charge < -0.3 is 20.1 Å². The Hall–Kier alpha value is -2.57. The number of hydrogen-bond acceptors (Lipinski definition) is 5. The second-order valence-corrected chi connectivity index (χ2v) is 7.91. The van der Waals surface area contributed by atoms with E-state index in [1.165, 1.54) is 11.3 Å². The van der Waals surface area contributed by atoms with Gasteiger partial charge in [-0.2, -0.15) is 0 Å². The maximum absolute atomic E-state index is 11.4. The van der Waals surface area contributed by atoms with Crippen LogP contribution in [0.15, 0.2) is 42.5 Å². The van der Waals surface area contributed by atoms with Crippen molar-refractivity contribution in [3.8, 4) is 5.75 Å². The summed E-state index contributed by atoms with van der Waals surface area (Å²) >= 11 is 0. The Morgan fingerprint density at radius 3 is 2.69 bits per heavy atom. The summed E-state index contributed by atoms with van der Waals surface area (Å²) in [6.07, 6.45) is 0.704. The number of anilines is 2. The number of para-hydroxylation sites is 1. The fourth-order valence-electron chi connectivity index (χ4n) is 4.08. The number of amides is 1. The molecule has 4 rings (SSSR count). The van der Waals surface area contributed by atoms with Crippen molar-refractivity contribution in [2.75, 3.05) is 49.5 Å². The van der Waals surface area contributed by atoms with Crippen LogP contribution in [0.5, 0.6) is 5.75 Å². The number of aliphatic hydroxyl groups excluding tert-OH is 1. The molecule has 0 saturated carbocycles. The molecule has 2 aliphatic rings. The van der Waals surface area contributed by atoms with E-state index in [1.54, 1.807) is 0 Å². The maximum Gasteiger partial charge on any atom is 0.224 e. The zero-order chi connectivity index (χ0) is 20.2. The van der Waals surface area contributed by atoms with Crippen LogP contribution in [0.1, 0.15) is 17.5 Å². The Kier molecular flexibility index (Phi) is 6.02. The minimum atomic E-state index is -0.532. The second kappa shape index (κ2) is 8.84. The molecule has 2 aromatic rings. The number of benzene rings is 2. The lowest BCUT2D eigenvalue weighted by atomic mass is 10.0. The van der Waals surface area contributed by atoms with Crippen LogP contribution >= 0.6 is 0 Å². The van der Waals surface area contributed by atoms with Gasteiger partial charge in [-0.3, -0.25) is 9.69 Å². The zero-order valence-electron chi connectivity index (χ0n) is 16.9. The third-order valence-corrected chi connectivity index (χ3v) is 5.71. The maximum atomic E-state index is 11.4. The van der Waals surface area contributed by atoms with Crippen molar-refractivity contribution in [2.24, 2.45) is 0 Å². The first-order valence-electron chi connectivity index (χ1n) is 10.3. The number of aryl methyl sites for hydroxylation is 2. The van der Waals surface area contributed by atoms with Gasteiger partial charge >= 0.3 is 0 Å². The number of nitrogens with one attached hydrogen (secondary N) is 1. The molecule has 6 heteroatoms. The molecule has 2 aliphatic heterocycles. The summed E-state index contributed by atoms with van der Waals surface area (Å²) in [5.74, 6) is 0.799. The van der Waals surface area contributed by atoms with E-state index in [0.717, 1.165) is 49.6 Å². The number of carbonyl (C=O) groups excluding carboxylic acids is 1. The molecular formula is C23H29N3O3. The van der Waals surface area contributed by atoms with Crippen LogP contribution in [0.3, 0.4) is 0 Å². The topological polar surface area (TPSA) is 65.0 Å². The number of carbonyl (C=O) groups is 1. The number of fused-ring (bicyclic) bond motifs is 1. The highest BCUT2D eigenvalue weighted by Gasteiger charge is 2.21. The van der Waals surface area contributed by atoms with Gasteiger partial charge in [0.2, 0.25) is 5.91 Å². The Labute approximate surface area is 172 Å². The van der Waals surface area contributed by atoms with E-state index >= 15 is 0 Å². The van der Waals surface area contributed by atoms with Gasteiger partial charge in [0.25, 0.3) is 0 Å². The van der Waals surface area contributed by atoms with Gasteiger partial charge in [-0.15, -0.1) is 0 Å². The summed E-state index contributed by atoms with van der Waals surface area (Å²) in [4.78, 5) is 16.2. The van der Waals surface area contributed by atoms with Gasteiger partial charge in [0.15, 0.2) is 0 Å². The first kappa shape index (κ1) is 19.7. The van der Waals surface area contributed by atoms with Crippen LogP contribution in [-0.4, -0.2) is 61.3 Å². The van der Waals surface area contributed by atoms with Gasteiger partial charge in [0.05, 0.1) is 0 Å². The molecule has 1 saturated heterocycles. The molecule has 1 atom stereocenters. The van der Waals surface area contributed by atoms with Crippen LogP contribution in [0.25, 0.3) is 0 Å². The summed E-state index contributed by atoms with van der Waals surface area (Å²) in [5.41, 5.74) is 4.56. The average molecular weight is 396 g/mol. The average Bonchev–Trinajstić information content (AvgIpc) is 2.73. The van der Waals surface area contributed by atoms with E-state index < -0.39 is 6.10 Å². The minimum Gasteiger partial charge on any atom is -0.491 e. The number of aliphatic hydroxyl groups is 1. The fraction of sp³-hybridized carbons (Fsp3) is 0.435. The lowest BCUT2D eigenvalue weighted by molar-refractivity contribution is -0.116. The molecule has 0 aromatic heterocycles. The third-order valence-electron chi connectivity index (χ3n) is 5.71. The molecule has 1 unspecified atom stereocenters. The Bertz CT molecular complexity index is 862. The molecule has 0 bridgehead atoms. The van der Waals surface area contributed by atoms with E-state index in [2.05, 4.69) is 46.3 Å². The van der Waals surface area contributed by atoms with E-state index in [1.807, 2.05) is 18.2 Å². The van der Waals surface area contributed by atoms with Crippen molar-refractivity contribution in [3.05, 3.63) is 53.6 Å². The molecule has 0 spiro atoms. The fourth-order valence-corrected chi connectivity index (χ4v) is 4.08. The Balaban J connectivity index is 1.23. The van der Waals surface area contributed by atoms with Crippen molar-refractivity contribution in [1.82, 2.24) is 4.90 Å². The van der Waals surface area contributed by atoms with Crippen molar-refractivity contribution >= 4 is 17.3 Å². The van der Waals surface area contributed by atoms with Crippen LogP contribution in [-0.2, 0) is 11.2 Å². The van der Waals surface area contributed by atoms with E-state index in [0.29, 0.717) is 13.0 Å².